The predicted octanol–water partition coefficient (Wildman–Crippen LogP) is 5.44. The quantitative estimate of drug-likeness (QED) is 0.444. The molecule has 2 aromatic carbocycles. The fourth-order valence-corrected chi connectivity index (χ4v) is 4.51. The predicted molar refractivity (Wildman–Crippen MR) is 92.7 cm³/mol. The van der Waals surface area contributed by atoms with Crippen molar-refractivity contribution < 1.29 is 4.79 Å². The van der Waals surface area contributed by atoms with Gasteiger partial charge in [0.1, 0.15) is 0 Å². The van der Waals surface area contributed by atoms with Crippen LogP contribution < -0.4 is 0 Å². The van der Waals surface area contributed by atoms with Crippen molar-refractivity contribution in [1.82, 2.24) is 9.97 Å². The minimum absolute atomic E-state index is 0.172. The van der Waals surface area contributed by atoms with Crippen LogP contribution in [-0.4, -0.2) is 15.8 Å². The number of hydrogen-bond donors (Lipinski definition) is 0. The Morgan fingerprint density at radius 3 is 1.73 bits per heavy atom. The Kier molecular flexibility index (Phi) is 3.38. The minimum atomic E-state index is -0.172. The molecule has 0 aliphatic heterocycles. The Labute approximate surface area is 143 Å². The van der Waals surface area contributed by atoms with Gasteiger partial charge in [-0.2, -0.15) is 0 Å². The lowest BCUT2D eigenvalue weighted by molar-refractivity contribution is 0.103. The number of nitrogens with zero attached hydrogens (tertiary/aromatic N) is 2. The van der Waals surface area contributed by atoms with Crippen LogP contribution in [0, 0.1) is 0 Å². The van der Waals surface area contributed by atoms with Crippen molar-refractivity contribution in [2.45, 2.75) is 0 Å². The molecule has 2 heterocycles. The number of carbonyl (C=O) groups excluding carboxylic acids is 1. The van der Waals surface area contributed by atoms with Crippen molar-refractivity contribution in [3.63, 3.8) is 0 Å². The highest BCUT2D eigenvalue weighted by atomic mass is 35.5. The van der Waals surface area contributed by atoms with E-state index in [1.165, 1.54) is 22.7 Å². The third-order valence-corrected chi connectivity index (χ3v) is 5.59. The minimum Gasteiger partial charge on any atom is -0.283 e. The van der Waals surface area contributed by atoms with Gasteiger partial charge in [-0.3, -0.25) is 4.79 Å². The van der Waals surface area contributed by atoms with Crippen molar-refractivity contribution >= 4 is 72.1 Å². The summed E-state index contributed by atoms with van der Waals surface area (Å²) < 4.78 is 1.78. The van der Waals surface area contributed by atoms with E-state index in [-0.39, 0.29) is 5.78 Å². The molecule has 0 unspecified atom stereocenters. The largest absolute Gasteiger partial charge is 0.283 e. The summed E-state index contributed by atoms with van der Waals surface area (Å²) in [4.78, 5) is 21.3. The van der Waals surface area contributed by atoms with Crippen molar-refractivity contribution in [3.05, 3.63) is 56.5 Å². The highest BCUT2D eigenvalue weighted by Crippen LogP contribution is 2.30. The lowest BCUT2D eigenvalue weighted by Crippen LogP contribution is -1.99. The Balaban J connectivity index is 1.80. The van der Waals surface area contributed by atoms with Gasteiger partial charge in [-0.25, -0.2) is 9.97 Å². The van der Waals surface area contributed by atoms with Gasteiger partial charge in [-0.05, 0) is 36.4 Å². The summed E-state index contributed by atoms with van der Waals surface area (Å²) in [5.41, 5.74) is 1.53. The maximum atomic E-state index is 12.6. The Hall–Kier alpha value is -1.53. The molecule has 0 saturated carbocycles. The van der Waals surface area contributed by atoms with E-state index in [2.05, 4.69) is 9.97 Å². The highest BCUT2D eigenvalue weighted by Gasteiger charge is 2.19. The molecule has 0 bridgehead atoms. The number of halogens is 2. The fourth-order valence-electron chi connectivity index (χ4n) is 2.08. The van der Waals surface area contributed by atoms with E-state index in [0.29, 0.717) is 20.1 Å². The van der Waals surface area contributed by atoms with Crippen molar-refractivity contribution in [2.75, 3.05) is 0 Å². The van der Waals surface area contributed by atoms with Crippen LogP contribution in [0.2, 0.25) is 10.0 Å². The first kappa shape index (κ1) is 14.1. The topological polar surface area (TPSA) is 42.9 Å². The Bertz CT molecular complexity index is 957. The summed E-state index contributed by atoms with van der Waals surface area (Å²) in [6.45, 7) is 0. The lowest BCUT2D eigenvalue weighted by atomic mass is 10.3. The maximum Gasteiger partial charge on any atom is 0.250 e. The summed E-state index contributed by atoms with van der Waals surface area (Å²) in [6.07, 6.45) is 0. The number of thiazole rings is 2. The SMILES string of the molecule is O=C(c1nc2ccc(Cl)cc2s1)c1nc2ccc(Cl)cc2s1. The molecule has 3 nitrogen and oxygen atoms in total. The zero-order chi connectivity index (χ0) is 15.3. The third kappa shape index (κ3) is 2.40. The Morgan fingerprint density at radius 2 is 1.27 bits per heavy atom. The molecule has 108 valence electrons. The van der Waals surface area contributed by atoms with Crippen LogP contribution in [0.25, 0.3) is 20.4 Å². The van der Waals surface area contributed by atoms with Gasteiger partial charge in [0.05, 0.1) is 20.4 Å². The van der Waals surface area contributed by atoms with Gasteiger partial charge in [0.2, 0.25) is 5.78 Å². The normalized spacial score (nSPS) is 11.4. The maximum absolute atomic E-state index is 12.6. The van der Waals surface area contributed by atoms with E-state index in [0.717, 1.165) is 20.4 Å². The fraction of sp³-hybridized carbons (Fsp3) is 0. The van der Waals surface area contributed by atoms with E-state index >= 15 is 0 Å². The monoisotopic (exact) mass is 364 g/mol. The van der Waals surface area contributed by atoms with E-state index in [1.807, 2.05) is 24.3 Å². The van der Waals surface area contributed by atoms with Crippen molar-refractivity contribution in [2.24, 2.45) is 0 Å². The van der Waals surface area contributed by atoms with Gasteiger partial charge in [0.15, 0.2) is 10.0 Å². The second-order valence-corrected chi connectivity index (χ2v) is 7.53. The van der Waals surface area contributed by atoms with Gasteiger partial charge in [-0.1, -0.05) is 23.2 Å². The molecule has 22 heavy (non-hydrogen) atoms. The highest BCUT2D eigenvalue weighted by molar-refractivity contribution is 7.23. The lowest BCUT2D eigenvalue weighted by Gasteiger charge is -1.88. The van der Waals surface area contributed by atoms with Gasteiger partial charge < -0.3 is 0 Å². The van der Waals surface area contributed by atoms with Gasteiger partial charge in [-0.15, -0.1) is 22.7 Å². The zero-order valence-corrected chi connectivity index (χ0v) is 14.0. The summed E-state index contributed by atoms with van der Waals surface area (Å²) >= 11 is 14.6. The van der Waals surface area contributed by atoms with E-state index < -0.39 is 0 Å². The van der Waals surface area contributed by atoms with Crippen LogP contribution in [-0.2, 0) is 0 Å². The molecule has 0 aliphatic rings. The van der Waals surface area contributed by atoms with Crippen LogP contribution in [0.5, 0.6) is 0 Å². The molecule has 0 saturated heterocycles. The van der Waals surface area contributed by atoms with Crippen LogP contribution in [0.3, 0.4) is 0 Å². The number of rotatable bonds is 2. The molecule has 0 amide bonds. The van der Waals surface area contributed by atoms with Crippen LogP contribution in [0.1, 0.15) is 14.8 Å². The standard InChI is InChI=1S/C15H6Cl2N2OS2/c16-7-1-3-9-11(5-7)21-14(18-9)13(20)15-19-10-4-2-8(17)6-12(10)22-15/h1-6H. The average Bonchev–Trinajstić information content (AvgIpc) is 3.08. The molecule has 0 radical (unpaired) electrons. The molecule has 0 aliphatic carbocycles. The number of aromatic nitrogens is 2. The summed E-state index contributed by atoms with van der Waals surface area (Å²) in [7, 11) is 0. The number of carbonyl (C=O) groups is 1. The van der Waals surface area contributed by atoms with Crippen molar-refractivity contribution in [1.29, 1.82) is 0 Å². The molecule has 0 N–H and O–H groups in total. The smallest absolute Gasteiger partial charge is 0.250 e. The zero-order valence-electron chi connectivity index (χ0n) is 10.8. The van der Waals surface area contributed by atoms with Crippen LogP contribution in [0.15, 0.2) is 36.4 Å². The van der Waals surface area contributed by atoms with Gasteiger partial charge in [0, 0.05) is 10.0 Å². The van der Waals surface area contributed by atoms with E-state index in [4.69, 9.17) is 23.2 Å². The second kappa shape index (κ2) is 5.28. The molecular weight excluding hydrogens is 359 g/mol. The first-order valence-electron chi connectivity index (χ1n) is 6.27. The molecule has 0 fully saturated rings. The van der Waals surface area contributed by atoms with Gasteiger partial charge >= 0.3 is 0 Å². The molecule has 0 spiro atoms. The molecule has 4 rings (SSSR count). The van der Waals surface area contributed by atoms with Crippen molar-refractivity contribution in [3.8, 4) is 0 Å². The first-order valence-corrected chi connectivity index (χ1v) is 8.66. The molecule has 2 aromatic heterocycles. The summed E-state index contributed by atoms with van der Waals surface area (Å²) in [6, 6.07) is 10.8. The average molecular weight is 365 g/mol. The van der Waals surface area contributed by atoms with Crippen LogP contribution in [0.4, 0.5) is 0 Å². The number of hydrogen-bond acceptors (Lipinski definition) is 5. The summed E-state index contributed by atoms with van der Waals surface area (Å²) in [5, 5.41) is 2.10. The number of fused-ring (bicyclic) bond motifs is 2. The van der Waals surface area contributed by atoms with E-state index in [1.54, 1.807) is 12.1 Å². The van der Waals surface area contributed by atoms with E-state index in [9.17, 15) is 4.79 Å². The number of benzene rings is 2. The van der Waals surface area contributed by atoms with Crippen LogP contribution >= 0.6 is 45.9 Å². The molecule has 7 heteroatoms. The molecule has 4 aromatic rings. The molecular formula is C15H6Cl2N2OS2. The second-order valence-electron chi connectivity index (χ2n) is 4.59. The molecule has 0 atom stereocenters. The third-order valence-electron chi connectivity index (χ3n) is 3.09. The van der Waals surface area contributed by atoms with Gasteiger partial charge in [0.25, 0.3) is 0 Å². The Morgan fingerprint density at radius 1 is 0.818 bits per heavy atom. The number of ketones is 1. The summed E-state index contributed by atoms with van der Waals surface area (Å²) in [5.74, 6) is -0.172. The first-order chi connectivity index (χ1) is 10.6.